The van der Waals surface area contributed by atoms with E-state index in [4.69, 9.17) is 23.2 Å². The Balaban J connectivity index is 1.64. The highest BCUT2D eigenvalue weighted by Gasteiger charge is 2.16. The zero-order chi connectivity index (χ0) is 18.0. The van der Waals surface area contributed by atoms with Gasteiger partial charge in [-0.1, -0.05) is 29.3 Å². The van der Waals surface area contributed by atoms with Crippen molar-refractivity contribution in [3.63, 3.8) is 0 Å². The highest BCUT2D eigenvalue weighted by molar-refractivity contribution is 6.42. The molecule has 0 aliphatic carbocycles. The molecule has 1 amide bonds. The lowest BCUT2D eigenvalue weighted by molar-refractivity contribution is -0.119. The maximum atomic E-state index is 12.3. The van der Waals surface area contributed by atoms with E-state index in [9.17, 15) is 4.79 Å². The van der Waals surface area contributed by atoms with Crippen LogP contribution in [0.5, 0.6) is 0 Å². The third kappa shape index (κ3) is 4.21. The average molecular weight is 378 g/mol. The molecule has 3 rings (SSSR count). The Hall–Kier alpha value is -2.31. The Morgan fingerprint density at radius 3 is 2.76 bits per heavy atom. The van der Waals surface area contributed by atoms with Crippen molar-refractivity contribution in [3.8, 4) is 0 Å². The molecule has 0 saturated heterocycles. The van der Waals surface area contributed by atoms with E-state index < -0.39 is 6.04 Å². The number of carbonyl (C=O) groups is 1. The fourth-order valence-electron chi connectivity index (χ4n) is 2.36. The number of nitrogens with one attached hydrogen (secondary N) is 1. The zero-order valence-electron chi connectivity index (χ0n) is 13.8. The predicted octanol–water partition coefficient (Wildman–Crippen LogP) is 3.94. The normalized spacial score (nSPS) is 12.2. The van der Waals surface area contributed by atoms with Crippen molar-refractivity contribution >= 4 is 34.8 Å². The first kappa shape index (κ1) is 17.5. The van der Waals surface area contributed by atoms with E-state index in [1.54, 1.807) is 47.0 Å². The monoisotopic (exact) mass is 377 g/mol. The molecular weight excluding hydrogens is 361 g/mol. The van der Waals surface area contributed by atoms with Crippen molar-refractivity contribution in [2.24, 2.45) is 0 Å². The molecule has 130 valence electrons. The lowest BCUT2D eigenvalue weighted by Crippen LogP contribution is -2.23. The molecule has 0 aliphatic heterocycles. The Labute approximate surface area is 155 Å². The summed E-state index contributed by atoms with van der Waals surface area (Å²) in [5.74, 6) is -0.155. The van der Waals surface area contributed by atoms with Crippen LogP contribution < -0.4 is 5.32 Å². The molecule has 3 aromatic rings. The third-order valence-electron chi connectivity index (χ3n) is 3.75. The molecule has 2 aromatic heterocycles. The second kappa shape index (κ2) is 7.29. The fourth-order valence-corrected chi connectivity index (χ4v) is 2.68. The molecule has 1 N–H and O–H groups in total. The van der Waals surface area contributed by atoms with Crippen molar-refractivity contribution in [2.45, 2.75) is 26.4 Å². The fraction of sp³-hybridized carbons (Fsp3) is 0.235. The summed E-state index contributed by atoms with van der Waals surface area (Å²) in [5, 5.41) is 12.4. The summed E-state index contributed by atoms with van der Waals surface area (Å²) in [5.41, 5.74) is 2.46. The van der Waals surface area contributed by atoms with Crippen molar-refractivity contribution < 1.29 is 4.79 Å². The number of benzene rings is 1. The van der Waals surface area contributed by atoms with Crippen molar-refractivity contribution in [1.82, 2.24) is 19.6 Å². The average Bonchev–Trinajstić information content (AvgIpc) is 3.19. The van der Waals surface area contributed by atoms with Crippen LogP contribution in [0.2, 0.25) is 10.0 Å². The number of aromatic nitrogens is 4. The maximum Gasteiger partial charge on any atom is 0.249 e. The molecule has 0 aliphatic rings. The maximum absolute atomic E-state index is 12.3. The number of halogens is 2. The van der Waals surface area contributed by atoms with E-state index in [2.05, 4.69) is 15.5 Å². The van der Waals surface area contributed by atoms with E-state index in [0.717, 1.165) is 11.3 Å². The van der Waals surface area contributed by atoms with E-state index in [0.29, 0.717) is 22.3 Å². The minimum atomic E-state index is -0.410. The molecule has 1 unspecified atom stereocenters. The summed E-state index contributed by atoms with van der Waals surface area (Å²) >= 11 is 11.9. The van der Waals surface area contributed by atoms with Crippen LogP contribution in [-0.2, 0) is 11.3 Å². The van der Waals surface area contributed by atoms with Crippen LogP contribution in [0, 0.1) is 6.92 Å². The van der Waals surface area contributed by atoms with E-state index >= 15 is 0 Å². The number of aryl methyl sites for hydroxylation is 1. The topological polar surface area (TPSA) is 64.7 Å². The molecule has 0 spiro atoms. The lowest BCUT2D eigenvalue weighted by Gasteiger charge is -2.11. The van der Waals surface area contributed by atoms with E-state index in [1.807, 2.05) is 19.1 Å². The Morgan fingerprint density at radius 2 is 2.08 bits per heavy atom. The van der Waals surface area contributed by atoms with Crippen LogP contribution >= 0.6 is 23.2 Å². The van der Waals surface area contributed by atoms with E-state index in [-0.39, 0.29) is 5.91 Å². The highest BCUT2D eigenvalue weighted by Crippen LogP contribution is 2.23. The van der Waals surface area contributed by atoms with Gasteiger partial charge in [0.15, 0.2) is 0 Å². The first-order valence-electron chi connectivity index (χ1n) is 7.71. The molecule has 8 heteroatoms. The first-order chi connectivity index (χ1) is 11.9. The van der Waals surface area contributed by atoms with Crippen LogP contribution in [-0.4, -0.2) is 25.5 Å². The minimum absolute atomic E-state index is 0.155. The number of anilines is 1. The van der Waals surface area contributed by atoms with Gasteiger partial charge in [0.25, 0.3) is 0 Å². The molecule has 0 fully saturated rings. The Bertz CT molecular complexity index is 902. The van der Waals surface area contributed by atoms with Gasteiger partial charge >= 0.3 is 0 Å². The van der Waals surface area contributed by atoms with Crippen LogP contribution in [0.4, 0.5) is 5.69 Å². The molecule has 25 heavy (non-hydrogen) atoms. The predicted molar refractivity (Wildman–Crippen MR) is 98.1 cm³/mol. The summed E-state index contributed by atoms with van der Waals surface area (Å²) in [6.45, 7) is 4.21. The summed E-state index contributed by atoms with van der Waals surface area (Å²) in [6.07, 6.45) is 5.16. The number of nitrogens with zero attached hydrogens (tertiary/aromatic N) is 4. The van der Waals surface area contributed by atoms with Crippen LogP contribution in [0.1, 0.15) is 24.2 Å². The Morgan fingerprint density at radius 1 is 1.28 bits per heavy atom. The summed E-state index contributed by atoms with van der Waals surface area (Å²) < 4.78 is 3.35. The van der Waals surface area contributed by atoms with Gasteiger partial charge in [0.1, 0.15) is 6.04 Å². The molecule has 6 nitrogen and oxygen atoms in total. The second-order valence-corrected chi connectivity index (χ2v) is 6.59. The Kier molecular flexibility index (Phi) is 5.11. The molecule has 0 radical (unpaired) electrons. The molecular formula is C17H17Cl2N5O. The van der Waals surface area contributed by atoms with Gasteiger partial charge in [0.2, 0.25) is 5.91 Å². The van der Waals surface area contributed by atoms with Gasteiger partial charge in [-0.15, -0.1) is 0 Å². The summed E-state index contributed by atoms with van der Waals surface area (Å²) in [4.78, 5) is 12.3. The van der Waals surface area contributed by atoms with Gasteiger partial charge in [-0.25, -0.2) is 0 Å². The van der Waals surface area contributed by atoms with Gasteiger partial charge in [-0.05, 0) is 37.6 Å². The second-order valence-electron chi connectivity index (χ2n) is 5.78. The molecule has 0 bridgehead atoms. The third-order valence-corrected chi connectivity index (χ3v) is 4.49. The number of rotatable bonds is 5. The first-order valence-corrected chi connectivity index (χ1v) is 8.47. The van der Waals surface area contributed by atoms with Crippen LogP contribution in [0.3, 0.4) is 0 Å². The highest BCUT2D eigenvalue weighted by atomic mass is 35.5. The van der Waals surface area contributed by atoms with Gasteiger partial charge in [-0.2, -0.15) is 10.2 Å². The van der Waals surface area contributed by atoms with Crippen LogP contribution in [0.25, 0.3) is 0 Å². The molecule has 0 saturated carbocycles. The van der Waals surface area contributed by atoms with Gasteiger partial charge in [0.05, 0.1) is 34.2 Å². The van der Waals surface area contributed by atoms with Gasteiger partial charge < -0.3 is 5.32 Å². The summed E-state index contributed by atoms with van der Waals surface area (Å²) in [6, 6.07) is 6.88. The quantitative estimate of drug-likeness (QED) is 0.731. The van der Waals surface area contributed by atoms with E-state index in [1.165, 1.54) is 0 Å². The summed E-state index contributed by atoms with van der Waals surface area (Å²) in [7, 11) is 0. The number of hydrogen-bond donors (Lipinski definition) is 1. The minimum Gasteiger partial charge on any atom is -0.322 e. The van der Waals surface area contributed by atoms with Crippen LogP contribution in [0.15, 0.2) is 42.9 Å². The molecule has 1 atom stereocenters. The smallest absolute Gasteiger partial charge is 0.249 e. The van der Waals surface area contributed by atoms with Crippen molar-refractivity contribution in [2.75, 3.05) is 5.32 Å². The SMILES string of the molecule is Cc1ccn(C(C)C(=O)Nc2cnn(Cc3ccc(Cl)c(Cl)c3)c2)n1. The number of amides is 1. The van der Waals surface area contributed by atoms with Gasteiger partial charge in [0, 0.05) is 12.4 Å². The lowest BCUT2D eigenvalue weighted by atomic mass is 10.2. The standard InChI is InChI=1S/C17H17Cl2N5O/c1-11-5-6-24(22-11)12(2)17(25)21-14-8-20-23(10-14)9-13-3-4-15(18)16(19)7-13/h3-8,10,12H,9H2,1-2H3,(H,21,25). The van der Waals surface area contributed by atoms with Crippen molar-refractivity contribution in [3.05, 3.63) is 64.2 Å². The largest absolute Gasteiger partial charge is 0.322 e. The number of carbonyl (C=O) groups excluding carboxylic acids is 1. The zero-order valence-corrected chi connectivity index (χ0v) is 15.3. The molecule has 2 heterocycles. The number of hydrogen-bond acceptors (Lipinski definition) is 3. The molecule has 1 aromatic carbocycles. The van der Waals surface area contributed by atoms with Crippen molar-refractivity contribution in [1.29, 1.82) is 0 Å². The van der Waals surface area contributed by atoms with Gasteiger partial charge in [-0.3, -0.25) is 14.2 Å².